The molecule has 1 N–H and O–H groups in total. The van der Waals surface area contributed by atoms with E-state index in [4.69, 9.17) is 21.1 Å². The molecule has 0 atom stereocenters. The van der Waals surface area contributed by atoms with Crippen LogP contribution in [-0.4, -0.2) is 31.2 Å². The average Bonchev–Trinajstić information content (AvgIpc) is 2.51. The van der Waals surface area contributed by atoms with Gasteiger partial charge >= 0.3 is 0 Å². The zero-order valence-electron chi connectivity index (χ0n) is 11.5. The van der Waals surface area contributed by atoms with Crippen molar-refractivity contribution in [3.63, 3.8) is 0 Å². The predicted octanol–water partition coefficient (Wildman–Crippen LogP) is 2.55. The van der Waals surface area contributed by atoms with Gasteiger partial charge in [0.25, 0.3) is 5.91 Å². The Morgan fingerprint density at radius 1 is 1.33 bits per heavy atom. The minimum absolute atomic E-state index is 0.255. The molecular weight excluding hydrogens is 292 g/mol. The number of methoxy groups -OCH3 is 1. The van der Waals surface area contributed by atoms with E-state index in [2.05, 4.69) is 10.3 Å². The Kier molecular flexibility index (Phi) is 5.40. The summed E-state index contributed by atoms with van der Waals surface area (Å²) >= 11 is 5.85. The Morgan fingerprint density at radius 2 is 2.19 bits per heavy atom. The zero-order chi connectivity index (χ0) is 15.1. The molecule has 2 rings (SSSR count). The van der Waals surface area contributed by atoms with Gasteiger partial charge in [0.1, 0.15) is 17.9 Å². The first-order chi connectivity index (χ1) is 10.2. The van der Waals surface area contributed by atoms with Gasteiger partial charge in [-0.1, -0.05) is 17.7 Å². The number of halogens is 1. The Bertz CT molecular complexity index is 619. The average molecular weight is 307 g/mol. The molecule has 0 radical (unpaired) electrons. The number of amides is 1. The highest BCUT2D eigenvalue weighted by atomic mass is 35.5. The molecule has 1 aromatic carbocycles. The highest BCUT2D eigenvalue weighted by Gasteiger charge is 2.11. The summed E-state index contributed by atoms with van der Waals surface area (Å²) in [5, 5.41) is 3.35. The lowest BCUT2D eigenvalue weighted by molar-refractivity contribution is 0.0943. The molecule has 21 heavy (non-hydrogen) atoms. The summed E-state index contributed by atoms with van der Waals surface area (Å²) in [5.74, 6) is 0.705. The Balaban J connectivity index is 1.82. The minimum Gasteiger partial charge on any atom is -0.492 e. The van der Waals surface area contributed by atoms with Gasteiger partial charge in [-0.15, -0.1) is 0 Å². The molecule has 0 aliphatic rings. The SMILES string of the molecule is COc1ncccc1C(=O)NCCOc1cccc(Cl)c1. The van der Waals surface area contributed by atoms with Gasteiger partial charge in [0.2, 0.25) is 5.88 Å². The molecule has 1 amide bonds. The van der Waals surface area contributed by atoms with E-state index in [1.165, 1.54) is 7.11 Å². The quantitative estimate of drug-likeness (QED) is 0.833. The van der Waals surface area contributed by atoms with Crippen LogP contribution in [0.3, 0.4) is 0 Å². The van der Waals surface area contributed by atoms with E-state index in [0.29, 0.717) is 35.4 Å². The van der Waals surface area contributed by atoms with E-state index in [1.54, 1.807) is 42.6 Å². The van der Waals surface area contributed by atoms with Crippen LogP contribution in [0.25, 0.3) is 0 Å². The summed E-state index contributed by atoms with van der Waals surface area (Å²) in [4.78, 5) is 16.0. The van der Waals surface area contributed by atoms with E-state index < -0.39 is 0 Å². The van der Waals surface area contributed by atoms with Gasteiger partial charge in [-0.25, -0.2) is 4.98 Å². The van der Waals surface area contributed by atoms with Crippen molar-refractivity contribution < 1.29 is 14.3 Å². The van der Waals surface area contributed by atoms with Crippen LogP contribution in [0, 0.1) is 0 Å². The molecule has 110 valence electrons. The molecule has 0 bridgehead atoms. The maximum Gasteiger partial charge on any atom is 0.256 e. The number of nitrogens with zero attached hydrogens (tertiary/aromatic N) is 1. The summed E-state index contributed by atoms with van der Waals surface area (Å²) in [7, 11) is 1.47. The number of aromatic nitrogens is 1. The highest BCUT2D eigenvalue weighted by molar-refractivity contribution is 6.30. The van der Waals surface area contributed by atoms with Crippen LogP contribution < -0.4 is 14.8 Å². The Morgan fingerprint density at radius 3 is 2.95 bits per heavy atom. The van der Waals surface area contributed by atoms with Crippen molar-refractivity contribution in [3.8, 4) is 11.6 Å². The van der Waals surface area contributed by atoms with Gasteiger partial charge in [0.05, 0.1) is 13.7 Å². The molecule has 0 aliphatic heterocycles. The smallest absolute Gasteiger partial charge is 0.256 e. The molecule has 1 aromatic heterocycles. The number of ether oxygens (including phenoxy) is 2. The number of carbonyl (C=O) groups is 1. The van der Waals surface area contributed by atoms with Crippen molar-refractivity contribution in [2.45, 2.75) is 0 Å². The van der Waals surface area contributed by atoms with Gasteiger partial charge in [-0.3, -0.25) is 4.79 Å². The van der Waals surface area contributed by atoms with E-state index >= 15 is 0 Å². The first-order valence-corrected chi connectivity index (χ1v) is 6.74. The van der Waals surface area contributed by atoms with Crippen molar-refractivity contribution in [1.82, 2.24) is 10.3 Å². The van der Waals surface area contributed by atoms with E-state index in [1.807, 2.05) is 0 Å². The number of rotatable bonds is 6. The molecule has 0 aliphatic carbocycles. The fourth-order valence-electron chi connectivity index (χ4n) is 1.71. The number of hydrogen-bond donors (Lipinski definition) is 1. The Hall–Kier alpha value is -2.27. The summed E-state index contributed by atoms with van der Waals surface area (Å²) in [6.45, 7) is 0.706. The molecule has 1 heterocycles. The maximum absolute atomic E-state index is 12.0. The second-order valence-corrected chi connectivity index (χ2v) is 4.56. The fourth-order valence-corrected chi connectivity index (χ4v) is 1.89. The van der Waals surface area contributed by atoms with Gasteiger partial charge in [0.15, 0.2) is 0 Å². The minimum atomic E-state index is -0.255. The first-order valence-electron chi connectivity index (χ1n) is 6.36. The number of hydrogen-bond acceptors (Lipinski definition) is 4. The maximum atomic E-state index is 12.0. The number of nitrogens with one attached hydrogen (secondary N) is 1. The second kappa shape index (κ2) is 7.50. The van der Waals surface area contributed by atoms with Crippen LogP contribution in [0.5, 0.6) is 11.6 Å². The van der Waals surface area contributed by atoms with Gasteiger partial charge in [-0.05, 0) is 30.3 Å². The standard InChI is InChI=1S/C15H15ClN2O3/c1-20-15-13(6-3-7-18-15)14(19)17-8-9-21-12-5-2-4-11(16)10-12/h2-7,10H,8-9H2,1H3,(H,17,19). The molecule has 0 fully saturated rings. The second-order valence-electron chi connectivity index (χ2n) is 4.12. The van der Waals surface area contributed by atoms with Gasteiger partial charge < -0.3 is 14.8 Å². The van der Waals surface area contributed by atoms with Crippen molar-refractivity contribution in [2.75, 3.05) is 20.3 Å². The summed E-state index contributed by atoms with van der Waals surface area (Å²) in [6, 6.07) is 10.4. The topological polar surface area (TPSA) is 60.5 Å². The Labute approximate surface area is 127 Å². The summed E-state index contributed by atoms with van der Waals surface area (Å²) in [5.41, 5.74) is 0.391. The van der Waals surface area contributed by atoms with Crippen molar-refractivity contribution in [3.05, 3.63) is 53.2 Å². The van der Waals surface area contributed by atoms with Gasteiger partial charge in [-0.2, -0.15) is 0 Å². The third-order valence-corrected chi connectivity index (χ3v) is 2.90. The largest absolute Gasteiger partial charge is 0.492 e. The molecule has 0 unspecified atom stereocenters. The monoisotopic (exact) mass is 306 g/mol. The van der Waals surface area contributed by atoms with E-state index in [9.17, 15) is 4.79 Å². The number of carbonyl (C=O) groups excluding carboxylic acids is 1. The lowest BCUT2D eigenvalue weighted by Crippen LogP contribution is -2.28. The third-order valence-electron chi connectivity index (χ3n) is 2.66. The summed E-state index contributed by atoms with van der Waals surface area (Å²) in [6.07, 6.45) is 1.57. The molecule has 0 spiro atoms. The van der Waals surface area contributed by atoms with Crippen LogP contribution >= 0.6 is 11.6 Å². The predicted molar refractivity (Wildman–Crippen MR) is 80.1 cm³/mol. The van der Waals surface area contributed by atoms with E-state index in [0.717, 1.165) is 0 Å². The third kappa shape index (κ3) is 4.36. The number of pyridine rings is 1. The molecule has 6 heteroatoms. The molecule has 5 nitrogen and oxygen atoms in total. The molecule has 2 aromatic rings. The molecular formula is C15H15ClN2O3. The van der Waals surface area contributed by atoms with Gasteiger partial charge in [0, 0.05) is 11.2 Å². The van der Waals surface area contributed by atoms with Crippen molar-refractivity contribution in [1.29, 1.82) is 0 Å². The molecule has 0 saturated heterocycles. The lowest BCUT2D eigenvalue weighted by atomic mass is 10.2. The number of benzene rings is 1. The van der Waals surface area contributed by atoms with Crippen molar-refractivity contribution in [2.24, 2.45) is 0 Å². The van der Waals surface area contributed by atoms with Crippen LogP contribution in [-0.2, 0) is 0 Å². The van der Waals surface area contributed by atoms with Crippen LogP contribution in [0.1, 0.15) is 10.4 Å². The molecule has 0 saturated carbocycles. The van der Waals surface area contributed by atoms with Crippen molar-refractivity contribution >= 4 is 17.5 Å². The van der Waals surface area contributed by atoms with Crippen LogP contribution in [0.15, 0.2) is 42.6 Å². The van der Waals surface area contributed by atoms with Crippen LogP contribution in [0.2, 0.25) is 5.02 Å². The fraction of sp³-hybridized carbons (Fsp3) is 0.200. The van der Waals surface area contributed by atoms with Crippen LogP contribution in [0.4, 0.5) is 0 Å². The normalized spacial score (nSPS) is 10.0. The first kappa shape index (κ1) is 15.1. The zero-order valence-corrected chi connectivity index (χ0v) is 12.3. The highest BCUT2D eigenvalue weighted by Crippen LogP contribution is 2.17. The summed E-state index contributed by atoms with van der Waals surface area (Å²) < 4.78 is 10.5. The van der Waals surface area contributed by atoms with E-state index in [-0.39, 0.29) is 5.91 Å². The lowest BCUT2D eigenvalue weighted by Gasteiger charge is -2.09.